The highest BCUT2D eigenvalue weighted by molar-refractivity contribution is 7.91. The number of fused-ring (bicyclic) bond motifs is 1. The van der Waals surface area contributed by atoms with Crippen LogP contribution in [0, 0.1) is 0 Å². The quantitative estimate of drug-likeness (QED) is 0.695. The molecule has 1 N–H and O–H groups in total. The van der Waals surface area contributed by atoms with E-state index in [0.29, 0.717) is 17.9 Å². The smallest absolute Gasteiger partial charge is 0.339 e. The number of hydrogen-bond acceptors (Lipinski definition) is 5. The van der Waals surface area contributed by atoms with Gasteiger partial charge in [0.1, 0.15) is 9.77 Å². The van der Waals surface area contributed by atoms with Crippen molar-refractivity contribution in [1.29, 1.82) is 0 Å². The lowest BCUT2D eigenvalue weighted by molar-refractivity contribution is 0.0694. The van der Waals surface area contributed by atoms with Crippen molar-refractivity contribution < 1.29 is 18.3 Å². The molecule has 3 aromatic heterocycles. The van der Waals surface area contributed by atoms with E-state index in [1.54, 1.807) is 29.0 Å². The summed E-state index contributed by atoms with van der Waals surface area (Å²) in [7, 11) is -3.75. The Kier molecular flexibility index (Phi) is 4.55. The molecule has 140 valence electrons. The van der Waals surface area contributed by atoms with E-state index < -0.39 is 16.0 Å². The van der Waals surface area contributed by atoms with Gasteiger partial charge in [-0.25, -0.2) is 13.2 Å². The maximum absolute atomic E-state index is 13.1. The van der Waals surface area contributed by atoms with E-state index in [1.165, 1.54) is 10.5 Å². The minimum absolute atomic E-state index is 0.0342. The lowest BCUT2D eigenvalue weighted by Crippen LogP contribution is -2.38. The number of sulfonamides is 1. The maximum atomic E-state index is 13.1. The van der Waals surface area contributed by atoms with E-state index in [1.807, 2.05) is 12.1 Å². The number of halogens is 1. The van der Waals surface area contributed by atoms with Crippen LogP contribution in [0.25, 0.3) is 10.6 Å². The van der Waals surface area contributed by atoms with Gasteiger partial charge >= 0.3 is 5.97 Å². The first-order valence-electron chi connectivity index (χ1n) is 8.00. The highest BCUT2D eigenvalue weighted by Crippen LogP contribution is 2.34. The Morgan fingerprint density at radius 3 is 2.74 bits per heavy atom. The summed E-state index contributed by atoms with van der Waals surface area (Å²) < 4.78 is 29.3. The van der Waals surface area contributed by atoms with Gasteiger partial charge in [-0.05, 0) is 24.3 Å². The number of hydrogen-bond donors (Lipinski definition) is 1. The summed E-state index contributed by atoms with van der Waals surface area (Å²) in [5.41, 5.74) is 1.05. The summed E-state index contributed by atoms with van der Waals surface area (Å²) >= 11 is 7.15. The Bertz CT molecular complexity index is 1120. The van der Waals surface area contributed by atoms with E-state index >= 15 is 0 Å². The number of aromatic nitrogens is 2. The largest absolute Gasteiger partial charge is 0.478 e. The Hall–Kier alpha value is -2.20. The molecule has 1 aliphatic heterocycles. The van der Waals surface area contributed by atoms with Crippen LogP contribution in [0.5, 0.6) is 0 Å². The van der Waals surface area contributed by atoms with Crippen molar-refractivity contribution in [3.05, 3.63) is 59.0 Å². The number of rotatable bonds is 4. The first-order valence-corrected chi connectivity index (χ1v) is 10.6. The second-order valence-corrected chi connectivity index (χ2v) is 9.63. The zero-order valence-electron chi connectivity index (χ0n) is 13.9. The second-order valence-electron chi connectivity index (χ2n) is 5.97. The Morgan fingerprint density at radius 2 is 2.04 bits per heavy atom. The molecule has 0 fully saturated rings. The van der Waals surface area contributed by atoms with Crippen molar-refractivity contribution in [1.82, 2.24) is 13.9 Å². The monoisotopic (exact) mass is 423 g/mol. The number of carbonyl (C=O) groups is 1. The predicted octanol–water partition coefficient (Wildman–Crippen LogP) is 3.17. The van der Waals surface area contributed by atoms with E-state index in [-0.39, 0.29) is 27.9 Å². The van der Waals surface area contributed by atoms with Crippen LogP contribution in [0.1, 0.15) is 16.1 Å². The average molecular weight is 424 g/mol. The number of aromatic carboxylic acids is 1. The standard InChI is InChI=1S/C17H14ClN3O4S2/c18-11-9-20-7-8-21(10-13(20)16(11)17(22)23)27(24,25)15-5-4-14(26-15)12-3-1-2-6-19-12/h1-6,9H,7-8,10H2,(H,22,23). The van der Waals surface area contributed by atoms with Crippen molar-refractivity contribution in [2.75, 3.05) is 6.54 Å². The highest BCUT2D eigenvalue weighted by atomic mass is 35.5. The van der Waals surface area contributed by atoms with E-state index in [9.17, 15) is 18.3 Å². The van der Waals surface area contributed by atoms with Crippen LogP contribution in [0.15, 0.2) is 46.9 Å². The molecule has 0 bridgehead atoms. The lowest BCUT2D eigenvalue weighted by Gasteiger charge is -2.27. The topological polar surface area (TPSA) is 92.5 Å². The summed E-state index contributed by atoms with van der Waals surface area (Å²) in [4.78, 5) is 16.5. The SMILES string of the molecule is O=C(O)c1c(Cl)cn2c1CN(S(=O)(=O)c1ccc(-c3ccccn3)s1)CC2. The number of carboxylic acids is 1. The van der Waals surface area contributed by atoms with Crippen LogP contribution in [0.3, 0.4) is 0 Å². The fraction of sp³-hybridized carbons (Fsp3) is 0.176. The number of pyridine rings is 1. The molecule has 0 saturated carbocycles. The number of thiophene rings is 1. The van der Waals surface area contributed by atoms with Gasteiger partial charge in [0.15, 0.2) is 0 Å². The predicted molar refractivity (Wildman–Crippen MR) is 102 cm³/mol. The molecule has 0 radical (unpaired) electrons. The number of carboxylic acid groups (broad SMARTS) is 1. The molecule has 4 heterocycles. The first-order chi connectivity index (χ1) is 12.9. The summed E-state index contributed by atoms with van der Waals surface area (Å²) in [6.45, 7) is 0.559. The molecule has 0 atom stereocenters. The van der Waals surface area contributed by atoms with Crippen molar-refractivity contribution in [3.63, 3.8) is 0 Å². The highest BCUT2D eigenvalue weighted by Gasteiger charge is 2.33. The van der Waals surface area contributed by atoms with Crippen LogP contribution >= 0.6 is 22.9 Å². The molecule has 0 spiro atoms. The molecule has 7 nitrogen and oxygen atoms in total. The fourth-order valence-corrected chi connectivity index (χ4v) is 6.20. The number of nitrogens with zero attached hydrogens (tertiary/aromatic N) is 3. The van der Waals surface area contributed by atoms with Crippen LogP contribution in [-0.2, 0) is 23.1 Å². The summed E-state index contributed by atoms with van der Waals surface area (Å²) in [6, 6.07) is 8.74. The molecular weight excluding hydrogens is 410 g/mol. The van der Waals surface area contributed by atoms with Crippen LogP contribution < -0.4 is 0 Å². The first kappa shape index (κ1) is 18.2. The Morgan fingerprint density at radius 1 is 1.22 bits per heavy atom. The molecule has 0 amide bonds. The zero-order valence-corrected chi connectivity index (χ0v) is 16.3. The summed E-state index contributed by atoms with van der Waals surface area (Å²) in [5, 5.41) is 9.49. The molecular formula is C17H14ClN3O4S2. The maximum Gasteiger partial charge on any atom is 0.339 e. The normalized spacial score (nSPS) is 14.9. The minimum Gasteiger partial charge on any atom is -0.478 e. The molecule has 0 aliphatic carbocycles. The molecule has 4 rings (SSSR count). The van der Waals surface area contributed by atoms with Crippen molar-refractivity contribution in [2.45, 2.75) is 17.3 Å². The van der Waals surface area contributed by atoms with Gasteiger partial charge in [0.25, 0.3) is 10.0 Å². The van der Waals surface area contributed by atoms with Gasteiger partial charge < -0.3 is 9.67 Å². The molecule has 0 unspecified atom stereocenters. The van der Waals surface area contributed by atoms with E-state index in [2.05, 4.69) is 4.98 Å². The molecule has 10 heteroatoms. The minimum atomic E-state index is -3.75. The molecule has 0 aromatic carbocycles. The third-order valence-corrected chi connectivity index (χ3v) is 8.07. The summed E-state index contributed by atoms with van der Waals surface area (Å²) in [5.74, 6) is -1.17. The fourth-order valence-electron chi connectivity index (χ4n) is 3.06. The Balaban J connectivity index is 1.66. The molecule has 1 aliphatic rings. The van der Waals surface area contributed by atoms with Gasteiger partial charge in [0, 0.05) is 31.2 Å². The van der Waals surface area contributed by atoms with Gasteiger partial charge in [-0.1, -0.05) is 17.7 Å². The van der Waals surface area contributed by atoms with Crippen LogP contribution in [0.2, 0.25) is 5.02 Å². The average Bonchev–Trinajstić information content (AvgIpc) is 3.26. The van der Waals surface area contributed by atoms with E-state index in [0.717, 1.165) is 16.2 Å². The van der Waals surface area contributed by atoms with Crippen LogP contribution in [0.4, 0.5) is 0 Å². The Labute approximate surface area is 164 Å². The van der Waals surface area contributed by atoms with Crippen molar-refractivity contribution in [3.8, 4) is 10.6 Å². The van der Waals surface area contributed by atoms with Crippen molar-refractivity contribution in [2.24, 2.45) is 0 Å². The third-order valence-electron chi connectivity index (χ3n) is 4.37. The second kappa shape index (κ2) is 6.75. The zero-order chi connectivity index (χ0) is 19.2. The van der Waals surface area contributed by atoms with Gasteiger partial charge in [0.2, 0.25) is 0 Å². The van der Waals surface area contributed by atoms with Gasteiger partial charge in [0.05, 0.1) is 22.1 Å². The lowest BCUT2D eigenvalue weighted by atomic mass is 10.2. The third kappa shape index (κ3) is 3.16. The van der Waals surface area contributed by atoms with E-state index in [4.69, 9.17) is 11.6 Å². The summed E-state index contributed by atoms with van der Waals surface area (Å²) in [6.07, 6.45) is 3.19. The molecule has 3 aromatic rings. The van der Waals surface area contributed by atoms with Gasteiger partial charge in [-0.15, -0.1) is 11.3 Å². The molecule has 0 saturated heterocycles. The van der Waals surface area contributed by atoms with Crippen molar-refractivity contribution >= 4 is 38.9 Å². The molecule has 27 heavy (non-hydrogen) atoms. The van der Waals surface area contributed by atoms with Gasteiger partial charge in [-0.3, -0.25) is 4.98 Å². The van der Waals surface area contributed by atoms with Gasteiger partial charge in [-0.2, -0.15) is 4.31 Å². The van der Waals surface area contributed by atoms with Crippen LogP contribution in [-0.4, -0.2) is 39.9 Å².